The van der Waals surface area contributed by atoms with Gasteiger partial charge in [0.05, 0.1) is 7.11 Å². The van der Waals surface area contributed by atoms with Crippen molar-refractivity contribution < 1.29 is 9.53 Å². The number of nitrogens with zero attached hydrogens (tertiary/aromatic N) is 2. The first-order valence-electron chi connectivity index (χ1n) is 6.47. The number of rotatable bonds is 6. The summed E-state index contributed by atoms with van der Waals surface area (Å²) >= 11 is 0. The van der Waals surface area contributed by atoms with Crippen molar-refractivity contribution in [3.05, 3.63) is 23.9 Å². The third-order valence-corrected chi connectivity index (χ3v) is 3.21. The Labute approximate surface area is 114 Å². The normalized spacial score (nSPS) is 12.3. The molecule has 106 valence electrons. The number of esters is 1. The van der Waals surface area contributed by atoms with E-state index in [1.54, 1.807) is 18.3 Å². The summed E-state index contributed by atoms with van der Waals surface area (Å²) in [5, 5.41) is 0. The molecule has 0 radical (unpaired) electrons. The van der Waals surface area contributed by atoms with E-state index in [2.05, 4.69) is 18.8 Å². The van der Waals surface area contributed by atoms with Gasteiger partial charge in [-0.1, -0.05) is 13.8 Å². The van der Waals surface area contributed by atoms with E-state index < -0.39 is 0 Å². The third-order valence-electron chi connectivity index (χ3n) is 3.21. The predicted molar refractivity (Wildman–Crippen MR) is 76.3 cm³/mol. The molecule has 0 saturated carbocycles. The summed E-state index contributed by atoms with van der Waals surface area (Å²) in [7, 11) is 3.27. The first-order chi connectivity index (χ1) is 8.97. The van der Waals surface area contributed by atoms with Crippen LogP contribution in [-0.2, 0) is 4.74 Å². The molecule has 0 amide bonds. The smallest absolute Gasteiger partial charge is 0.341 e. The molecule has 1 atom stereocenters. The Balaban J connectivity index is 2.76. The monoisotopic (exact) mass is 265 g/mol. The SMILES string of the molecule is COC(=O)c1cccnc1N(C)CCC(N)C(C)C. The summed E-state index contributed by atoms with van der Waals surface area (Å²) in [6.07, 6.45) is 2.52. The Morgan fingerprint density at radius 2 is 2.21 bits per heavy atom. The molecule has 1 rings (SSSR count). The van der Waals surface area contributed by atoms with Crippen LogP contribution in [-0.4, -0.2) is 37.7 Å². The van der Waals surface area contributed by atoms with Gasteiger partial charge in [-0.15, -0.1) is 0 Å². The zero-order chi connectivity index (χ0) is 14.4. The molecule has 0 aliphatic carbocycles. The van der Waals surface area contributed by atoms with Crippen LogP contribution in [0.3, 0.4) is 0 Å². The molecule has 0 saturated heterocycles. The Morgan fingerprint density at radius 1 is 1.53 bits per heavy atom. The molecular formula is C14H23N3O2. The standard InChI is InChI=1S/C14H23N3O2/c1-10(2)12(15)7-9-17(3)13-11(14(18)19-4)6-5-8-16-13/h5-6,8,10,12H,7,9,15H2,1-4H3. The number of ether oxygens (including phenoxy) is 1. The van der Waals surface area contributed by atoms with Crippen LogP contribution in [0.25, 0.3) is 0 Å². The van der Waals surface area contributed by atoms with Gasteiger partial charge in [-0.3, -0.25) is 0 Å². The van der Waals surface area contributed by atoms with Gasteiger partial charge >= 0.3 is 5.97 Å². The van der Waals surface area contributed by atoms with Gasteiger partial charge in [0.15, 0.2) is 0 Å². The van der Waals surface area contributed by atoms with Crippen LogP contribution < -0.4 is 10.6 Å². The van der Waals surface area contributed by atoms with E-state index in [1.165, 1.54) is 7.11 Å². The van der Waals surface area contributed by atoms with Gasteiger partial charge in [-0.2, -0.15) is 0 Å². The molecule has 0 aliphatic heterocycles. The fourth-order valence-corrected chi connectivity index (χ4v) is 1.75. The van der Waals surface area contributed by atoms with Gasteiger partial charge in [0.2, 0.25) is 0 Å². The molecule has 1 aromatic heterocycles. The first-order valence-corrected chi connectivity index (χ1v) is 6.47. The highest BCUT2D eigenvalue weighted by atomic mass is 16.5. The first kappa shape index (κ1) is 15.4. The molecule has 1 unspecified atom stereocenters. The number of hydrogen-bond donors (Lipinski definition) is 1. The molecule has 2 N–H and O–H groups in total. The fourth-order valence-electron chi connectivity index (χ4n) is 1.75. The van der Waals surface area contributed by atoms with Crippen molar-refractivity contribution in [2.45, 2.75) is 26.3 Å². The lowest BCUT2D eigenvalue weighted by molar-refractivity contribution is 0.0601. The number of carbonyl (C=O) groups is 1. The summed E-state index contributed by atoms with van der Waals surface area (Å²) in [6.45, 7) is 4.96. The second kappa shape index (κ2) is 7.09. The lowest BCUT2D eigenvalue weighted by atomic mass is 10.0. The van der Waals surface area contributed by atoms with E-state index in [1.807, 2.05) is 11.9 Å². The van der Waals surface area contributed by atoms with E-state index in [9.17, 15) is 4.79 Å². The number of nitrogens with two attached hydrogens (primary N) is 1. The van der Waals surface area contributed by atoms with Crippen molar-refractivity contribution in [3.63, 3.8) is 0 Å². The second-order valence-corrected chi connectivity index (χ2v) is 4.98. The van der Waals surface area contributed by atoms with Gasteiger partial charge in [-0.25, -0.2) is 9.78 Å². The molecular weight excluding hydrogens is 242 g/mol. The van der Waals surface area contributed by atoms with E-state index >= 15 is 0 Å². The molecule has 1 aromatic rings. The molecule has 5 nitrogen and oxygen atoms in total. The third kappa shape index (κ3) is 4.21. The van der Waals surface area contributed by atoms with Crippen molar-refractivity contribution in [2.75, 3.05) is 25.6 Å². The largest absolute Gasteiger partial charge is 0.465 e. The highest BCUT2D eigenvalue weighted by Crippen LogP contribution is 2.17. The number of anilines is 1. The van der Waals surface area contributed by atoms with Crippen molar-refractivity contribution in [1.82, 2.24) is 4.98 Å². The van der Waals surface area contributed by atoms with Crippen LogP contribution in [0.4, 0.5) is 5.82 Å². The van der Waals surface area contributed by atoms with Gasteiger partial charge < -0.3 is 15.4 Å². The molecule has 19 heavy (non-hydrogen) atoms. The minimum atomic E-state index is -0.372. The van der Waals surface area contributed by atoms with Crippen LogP contribution >= 0.6 is 0 Å². The minimum Gasteiger partial charge on any atom is -0.465 e. The summed E-state index contributed by atoms with van der Waals surface area (Å²) < 4.78 is 4.76. The highest BCUT2D eigenvalue weighted by molar-refractivity contribution is 5.94. The maximum atomic E-state index is 11.7. The summed E-state index contributed by atoms with van der Waals surface area (Å²) in [5.74, 6) is 0.700. The maximum absolute atomic E-state index is 11.7. The van der Waals surface area contributed by atoms with Crippen LogP contribution in [0, 0.1) is 5.92 Å². The van der Waals surface area contributed by atoms with Gasteiger partial charge in [-0.05, 0) is 24.5 Å². The van der Waals surface area contributed by atoms with Gasteiger partial charge in [0.1, 0.15) is 11.4 Å². The van der Waals surface area contributed by atoms with Crippen LogP contribution in [0.2, 0.25) is 0 Å². The van der Waals surface area contributed by atoms with Crippen molar-refractivity contribution >= 4 is 11.8 Å². The average Bonchev–Trinajstić information content (AvgIpc) is 2.43. The number of hydrogen-bond acceptors (Lipinski definition) is 5. The van der Waals surface area contributed by atoms with Crippen molar-refractivity contribution in [1.29, 1.82) is 0 Å². The number of methoxy groups -OCH3 is 1. The molecule has 1 heterocycles. The van der Waals surface area contributed by atoms with Crippen molar-refractivity contribution in [2.24, 2.45) is 11.7 Å². The molecule has 0 aromatic carbocycles. The predicted octanol–water partition coefficient (Wildman–Crippen LogP) is 1.68. The second-order valence-electron chi connectivity index (χ2n) is 4.98. The average molecular weight is 265 g/mol. The lowest BCUT2D eigenvalue weighted by Gasteiger charge is -2.23. The molecule has 0 spiro atoms. The summed E-state index contributed by atoms with van der Waals surface area (Å²) in [6, 6.07) is 3.59. The lowest BCUT2D eigenvalue weighted by Crippen LogP contribution is -2.32. The van der Waals surface area contributed by atoms with E-state index in [-0.39, 0.29) is 12.0 Å². The minimum absolute atomic E-state index is 0.146. The molecule has 0 aliphatic rings. The number of aromatic nitrogens is 1. The summed E-state index contributed by atoms with van der Waals surface area (Å²) in [4.78, 5) is 17.9. The Kier molecular flexibility index (Phi) is 5.76. The number of carbonyl (C=O) groups excluding carboxylic acids is 1. The van der Waals surface area contributed by atoms with Crippen molar-refractivity contribution in [3.8, 4) is 0 Å². The van der Waals surface area contributed by atoms with E-state index in [0.717, 1.165) is 13.0 Å². The van der Waals surface area contributed by atoms with E-state index in [4.69, 9.17) is 10.5 Å². The van der Waals surface area contributed by atoms with E-state index in [0.29, 0.717) is 17.3 Å². The zero-order valence-corrected chi connectivity index (χ0v) is 12.1. The molecule has 0 fully saturated rings. The Morgan fingerprint density at radius 3 is 2.79 bits per heavy atom. The number of pyridine rings is 1. The summed E-state index contributed by atoms with van der Waals surface area (Å²) in [5.41, 5.74) is 6.51. The molecule has 0 bridgehead atoms. The molecule has 5 heteroatoms. The maximum Gasteiger partial charge on any atom is 0.341 e. The fraction of sp³-hybridized carbons (Fsp3) is 0.571. The van der Waals surface area contributed by atoms with Crippen LogP contribution in [0.5, 0.6) is 0 Å². The van der Waals surface area contributed by atoms with Crippen LogP contribution in [0.15, 0.2) is 18.3 Å². The van der Waals surface area contributed by atoms with Gasteiger partial charge in [0, 0.05) is 25.8 Å². The Hall–Kier alpha value is -1.62. The topological polar surface area (TPSA) is 68.5 Å². The highest BCUT2D eigenvalue weighted by Gasteiger charge is 2.16. The van der Waals surface area contributed by atoms with Crippen LogP contribution in [0.1, 0.15) is 30.6 Å². The zero-order valence-electron chi connectivity index (χ0n) is 12.1. The quantitative estimate of drug-likeness (QED) is 0.792. The Bertz CT molecular complexity index is 421. The van der Waals surface area contributed by atoms with Gasteiger partial charge in [0.25, 0.3) is 0 Å².